The molecule has 1 saturated heterocycles. The summed E-state index contributed by atoms with van der Waals surface area (Å²) in [6.45, 7) is 9.53. The molecular weight excluding hydrogens is 463 g/mol. The van der Waals surface area contributed by atoms with Gasteiger partial charge >= 0.3 is 0 Å². The molecule has 144 valence electrons. The van der Waals surface area contributed by atoms with Crippen molar-refractivity contribution in [3.05, 3.63) is 23.8 Å². The summed E-state index contributed by atoms with van der Waals surface area (Å²) in [6.07, 6.45) is 4.82. The van der Waals surface area contributed by atoms with Gasteiger partial charge in [-0.1, -0.05) is 6.92 Å². The van der Waals surface area contributed by atoms with Crippen molar-refractivity contribution in [1.82, 2.24) is 29.4 Å². The average Bonchev–Trinajstić information content (AvgIpc) is 3.28. The number of anilines is 1. The Hall–Kier alpha value is -1.43. The van der Waals surface area contributed by atoms with Crippen LogP contribution in [-0.4, -0.2) is 69.8 Å². The van der Waals surface area contributed by atoms with Crippen molar-refractivity contribution in [1.29, 1.82) is 0 Å². The molecule has 0 amide bonds. The Morgan fingerprint density at radius 1 is 1.31 bits per heavy atom. The summed E-state index contributed by atoms with van der Waals surface area (Å²) < 4.78 is 6.33. The first kappa shape index (κ1) is 20.9. The first-order valence-electron chi connectivity index (χ1n) is 8.71. The molecule has 0 atom stereocenters. The van der Waals surface area contributed by atoms with Crippen molar-refractivity contribution in [3.8, 4) is 0 Å². The van der Waals surface area contributed by atoms with Crippen molar-refractivity contribution < 1.29 is 0 Å². The monoisotopic (exact) mass is 490 g/mol. The Morgan fingerprint density at radius 3 is 2.65 bits per heavy atom. The number of nitrogens with zero attached hydrogens (tertiary/aromatic N) is 7. The van der Waals surface area contributed by atoms with Gasteiger partial charge in [0.05, 0.1) is 12.7 Å². The highest BCUT2D eigenvalue weighted by Crippen LogP contribution is 2.19. The number of hydrogen-bond donors (Lipinski definition) is 1. The first-order chi connectivity index (χ1) is 12.2. The van der Waals surface area contributed by atoms with E-state index in [-0.39, 0.29) is 24.0 Å². The molecule has 1 aliphatic heterocycles. The maximum atomic E-state index is 4.59. The van der Waals surface area contributed by atoms with Crippen LogP contribution in [0.15, 0.2) is 17.4 Å². The molecule has 1 N–H and O–H groups in total. The van der Waals surface area contributed by atoms with Crippen LogP contribution in [0.2, 0.25) is 0 Å². The van der Waals surface area contributed by atoms with Gasteiger partial charge in [-0.15, -0.1) is 24.0 Å². The van der Waals surface area contributed by atoms with Gasteiger partial charge in [-0.25, -0.2) is 4.98 Å². The molecule has 0 radical (unpaired) electrons. The van der Waals surface area contributed by atoms with Gasteiger partial charge in [-0.3, -0.25) is 9.67 Å². The van der Waals surface area contributed by atoms with Crippen LogP contribution in [0, 0.1) is 6.92 Å². The summed E-state index contributed by atoms with van der Waals surface area (Å²) in [7, 11) is 1.84. The summed E-state index contributed by atoms with van der Waals surface area (Å²) in [5.74, 6) is 1.89. The van der Waals surface area contributed by atoms with E-state index in [1.165, 1.54) is 17.1 Å². The number of guanidine groups is 1. The van der Waals surface area contributed by atoms with Gasteiger partial charge in [0.15, 0.2) is 5.96 Å². The Labute approximate surface area is 175 Å². The number of aliphatic imine (C=N–C) groups is 1. The minimum Gasteiger partial charge on any atom is -0.354 e. The molecule has 0 unspecified atom stereocenters. The van der Waals surface area contributed by atoms with E-state index in [0.29, 0.717) is 0 Å². The van der Waals surface area contributed by atoms with E-state index in [4.69, 9.17) is 0 Å². The number of piperazine rings is 1. The quantitative estimate of drug-likeness (QED) is 0.390. The Bertz CT molecular complexity index is 705. The molecule has 0 bridgehead atoms. The molecule has 0 spiro atoms. The summed E-state index contributed by atoms with van der Waals surface area (Å²) >= 11 is 1.50. The van der Waals surface area contributed by atoms with Gasteiger partial charge in [0.1, 0.15) is 5.82 Å². The van der Waals surface area contributed by atoms with Crippen LogP contribution in [0.5, 0.6) is 0 Å². The van der Waals surface area contributed by atoms with Crippen molar-refractivity contribution in [2.75, 3.05) is 44.7 Å². The second-order valence-electron chi connectivity index (χ2n) is 6.08. The van der Waals surface area contributed by atoms with E-state index in [1.807, 2.05) is 17.9 Å². The predicted octanol–water partition coefficient (Wildman–Crippen LogP) is 1.62. The summed E-state index contributed by atoms with van der Waals surface area (Å²) in [5.41, 5.74) is 1.18. The van der Waals surface area contributed by atoms with Gasteiger partial charge in [-0.2, -0.15) is 9.47 Å². The molecule has 0 aromatic carbocycles. The van der Waals surface area contributed by atoms with Crippen LogP contribution in [-0.2, 0) is 13.0 Å². The van der Waals surface area contributed by atoms with Gasteiger partial charge in [-0.05, 0) is 12.5 Å². The lowest BCUT2D eigenvalue weighted by Crippen LogP contribution is -2.53. The third-order valence-corrected chi connectivity index (χ3v) is 5.04. The minimum absolute atomic E-state index is 0. The zero-order chi connectivity index (χ0) is 17.6. The topological polar surface area (TPSA) is 74.5 Å². The first-order valence-corrected chi connectivity index (χ1v) is 9.49. The highest BCUT2D eigenvalue weighted by Gasteiger charge is 2.21. The van der Waals surface area contributed by atoms with Crippen LogP contribution >= 0.6 is 35.5 Å². The number of aryl methyl sites for hydroxylation is 2. The highest BCUT2D eigenvalue weighted by molar-refractivity contribution is 14.0. The molecule has 8 nitrogen and oxygen atoms in total. The Kier molecular flexibility index (Phi) is 8.07. The fraction of sp³-hybridized carbons (Fsp3) is 0.625. The van der Waals surface area contributed by atoms with E-state index >= 15 is 0 Å². The highest BCUT2D eigenvalue weighted by atomic mass is 127. The third-order valence-electron chi connectivity index (χ3n) is 4.22. The maximum Gasteiger partial charge on any atom is 0.205 e. The van der Waals surface area contributed by atoms with E-state index in [1.54, 1.807) is 0 Å². The van der Waals surface area contributed by atoms with Crippen molar-refractivity contribution in [2.24, 2.45) is 4.99 Å². The lowest BCUT2D eigenvalue weighted by molar-refractivity contribution is 0.371. The molecule has 26 heavy (non-hydrogen) atoms. The minimum atomic E-state index is 0. The summed E-state index contributed by atoms with van der Waals surface area (Å²) in [6, 6.07) is 0. The SMILES string of the molecule is CCc1nsc(N2CCN(C(=NC)NCCn3cc(C)cn3)CC2)n1.I. The summed E-state index contributed by atoms with van der Waals surface area (Å²) in [5, 5.41) is 8.78. The second-order valence-corrected chi connectivity index (χ2v) is 6.81. The van der Waals surface area contributed by atoms with Gasteiger partial charge in [0, 0.05) is 63.9 Å². The average molecular weight is 490 g/mol. The lowest BCUT2D eigenvalue weighted by atomic mass is 10.3. The van der Waals surface area contributed by atoms with Crippen LogP contribution in [0.25, 0.3) is 0 Å². The van der Waals surface area contributed by atoms with E-state index in [0.717, 1.165) is 62.6 Å². The molecule has 2 aromatic rings. The zero-order valence-corrected chi connectivity index (χ0v) is 18.7. The molecule has 0 saturated carbocycles. The number of nitrogens with one attached hydrogen (secondary N) is 1. The molecule has 10 heteroatoms. The van der Waals surface area contributed by atoms with Crippen LogP contribution < -0.4 is 10.2 Å². The molecule has 3 rings (SSSR count). The van der Waals surface area contributed by atoms with Gasteiger partial charge < -0.3 is 15.1 Å². The van der Waals surface area contributed by atoms with E-state index < -0.39 is 0 Å². The largest absolute Gasteiger partial charge is 0.354 e. The van der Waals surface area contributed by atoms with Crippen molar-refractivity contribution in [3.63, 3.8) is 0 Å². The fourth-order valence-electron chi connectivity index (χ4n) is 2.83. The van der Waals surface area contributed by atoms with Gasteiger partial charge in [0.25, 0.3) is 0 Å². The van der Waals surface area contributed by atoms with Gasteiger partial charge in [0.2, 0.25) is 5.13 Å². The molecule has 1 aliphatic rings. The normalized spacial score (nSPS) is 15.1. The molecule has 1 fully saturated rings. The number of aromatic nitrogens is 4. The Balaban J connectivity index is 0.00000243. The number of hydrogen-bond acceptors (Lipinski definition) is 6. The zero-order valence-electron chi connectivity index (χ0n) is 15.6. The fourth-order valence-corrected chi connectivity index (χ4v) is 3.63. The molecule has 2 aromatic heterocycles. The van der Waals surface area contributed by atoms with Crippen molar-refractivity contribution >= 4 is 46.6 Å². The molecular formula is C16H27IN8S. The van der Waals surface area contributed by atoms with Crippen molar-refractivity contribution in [2.45, 2.75) is 26.8 Å². The number of halogens is 1. The smallest absolute Gasteiger partial charge is 0.205 e. The second kappa shape index (κ2) is 10.0. The Morgan fingerprint density at radius 2 is 2.08 bits per heavy atom. The third kappa shape index (κ3) is 5.29. The molecule has 3 heterocycles. The van der Waals surface area contributed by atoms with E-state index in [2.05, 4.69) is 54.6 Å². The van der Waals surface area contributed by atoms with Crippen LogP contribution in [0.3, 0.4) is 0 Å². The molecule has 0 aliphatic carbocycles. The predicted molar refractivity (Wildman–Crippen MR) is 117 cm³/mol. The number of rotatable bonds is 5. The standard InChI is InChI=1S/C16H26N8S.HI/c1-4-14-20-16(25-21-14)23-9-7-22(8-10-23)15(17-3)18-5-6-24-12-13(2)11-19-24;/h11-12H,4-10H2,1-3H3,(H,17,18);1H. The summed E-state index contributed by atoms with van der Waals surface area (Å²) in [4.78, 5) is 13.6. The van der Waals surface area contributed by atoms with E-state index in [9.17, 15) is 0 Å². The van der Waals surface area contributed by atoms with Crippen LogP contribution in [0.4, 0.5) is 5.13 Å². The maximum absolute atomic E-state index is 4.59. The van der Waals surface area contributed by atoms with Crippen LogP contribution in [0.1, 0.15) is 18.3 Å². The lowest BCUT2D eigenvalue weighted by Gasteiger charge is -2.36.